The van der Waals surface area contributed by atoms with E-state index in [-0.39, 0.29) is 0 Å². The van der Waals surface area contributed by atoms with E-state index in [0.717, 1.165) is 31.9 Å². The molecule has 0 spiro atoms. The van der Waals surface area contributed by atoms with E-state index in [0.29, 0.717) is 5.56 Å². The van der Waals surface area contributed by atoms with E-state index < -0.39 is 0 Å². The second-order valence-corrected chi connectivity index (χ2v) is 5.12. The van der Waals surface area contributed by atoms with Crippen molar-refractivity contribution in [2.45, 2.75) is 6.42 Å². The van der Waals surface area contributed by atoms with Crippen LogP contribution >= 0.6 is 11.8 Å². The summed E-state index contributed by atoms with van der Waals surface area (Å²) in [6, 6.07) is 9.33. The van der Waals surface area contributed by atoms with Crippen molar-refractivity contribution in [2.75, 3.05) is 38.8 Å². The van der Waals surface area contributed by atoms with Crippen LogP contribution in [0.15, 0.2) is 24.3 Å². The minimum Gasteiger partial charge on any atom is -0.494 e. The van der Waals surface area contributed by atoms with E-state index in [2.05, 4.69) is 24.3 Å². The molecule has 0 unspecified atom stereocenters. The molecule has 0 atom stereocenters. The highest BCUT2D eigenvalue weighted by Gasteiger charge is 1.98. The average molecular weight is 264 g/mol. The lowest BCUT2D eigenvalue weighted by molar-refractivity contribution is 0.269. The van der Waals surface area contributed by atoms with Crippen molar-refractivity contribution < 1.29 is 4.74 Å². The van der Waals surface area contributed by atoms with Crippen LogP contribution < -0.4 is 4.74 Å². The predicted molar refractivity (Wildman–Crippen MR) is 77.1 cm³/mol. The summed E-state index contributed by atoms with van der Waals surface area (Å²) in [5.41, 5.74) is 0.666. The number of hydrogen-bond donors (Lipinski definition) is 0. The van der Waals surface area contributed by atoms with E-state index in [1.807, 2.05) is 23.9 Å². The zero-order valence-electron chi connectivity index (χ0n) is 11.1. The molecule has 0 amide bonds. The molecule has 1 rings (SSSR count). The molecule has 1 aromatic rings. The summed E-state index contributed by atoms with van der Waals surface area (Å²) in [4.78, 5) is 2.32. The minimum atomic E-state index is 0.666. The standard InChI is InChI=1S/C14H20N2OS/c1-16(9-11-18-2)8-3-10-17-14-6-4-13(12-15)5-7-14/h4-7H,3,8-11H2,1-2H3. The molecule has 3 nitrogen and oxygen atoms in total. The Labute approximate surface area is 114 Å². The number of nitriles is 1. The molecule has 0 fully saturated rings. The fourth-order valence-corrected chi connectivity index (χ4v) is 2.00. The van der Waals surface area contributed by atoms with Gasteiger partial charge in [0.1, 0.15) is 5.75 Å². The SMILES string of the molecule is CSCCN(C)CCCOc1ccc(C#N)cc1. The lowest BCUT2D eigenvalue weighted by atomic mass is 10.2. The van der Waals surface area contributed by atoms with Crippen molar-refractivity contribution >= 4 is 11.8 Å². The van der Waals surface area contributed by atoms with Crippen LogP contribution in [-0.4, -0.2) is 43.7 Å². The third-order valence-electron chi connectivity index (χ3n) is 2.61. The van der Waals surface area contributed by atoms with Gasteiger partial charge in [-0.25, -0.2) is 0 Å². The molecule has 1 aromatic carbocycles. The summed E-state index contributed by atoms with van der Waals surface area (Å²) in [7, 11) is 2.14. The quantitative estimate of drug-likeness (QED) is 0.676. The van der Waals surface area contributed by atoms with Gasteiger partial charge in [0.2, 0.25) is 0 Å². The van der Waals surface area contributed by atoms with Crippen molar-refractivity contribution in [3.63, 3.8) is 0 Å². The van der Waals surface area contributed by atoms with E-state index >= 15 is 0 Å². The molecule has 0 heterocycles. The molecule has 18 heavy (non-hydrogen) atoms. The van der Waals surface area contributed by atoms with E-state index in [1.165, 1.54) is 5.75 Å². The Balaban J connectivity index is 2.15. The molecular formula is C14H20N2OS. The van der Waals surface area contributed by atoms with Gasteiger partial charge in [0, 0.05) is 18.8 Å². The zero-order valence-corrected chi connectivity index (χ0v) is 11.9. The number of thioether (sulfide) groups is 1. The summed E-state index contributed by atoms with van der Waals surface area (Å²) in [6.45, 7) is 2.89. The lowest BCUT2D eigenvalue weighted by Crippen LogP contribution is -2.23. The van der Waals surface area contributed by atoms with Crippen LogP contribution in [0.3, 0.4) is 0 Å². The number of nitrogens with zero attached hydrogens (tertiary/aromatic N) is 2. The normalized spacial score (nSPS) is 10.3. The van der Waals surface area contributed by atoms with Gasteiger partial charge in [-0.1, -0.05) is 0 Å². The maximum atomic E-state index is 8.68. The molecule has 98 valence electrons. The van der Waals surface area contributed by atoms with Gasteiger partial charge in [0.15, 0.2) is 0 Å². The largest absolute Gasteiger partial charge is 0.494 e. The monoisotopic (exact) mass is 264 g/mol. The highest BCUT2D eigenvalue weighted by molar-refractivity contribution is 7.98. The Bertz CT molecular complexity index is 372. The minimum absolute atomic E-state index is 0.666. The fourth-order valence-electron chi connectivity index (χ4n) is 1.51. The third kappa shape index (κ3) is 5.95. The Morgan fingerprint density at radius 1 is 1.28 bits per heavy atom. The molecule has 0 saturated carbocycles. The summed E-state index contributed by atoms with van der Waals surface area (Å²) in [5, 5.41) is 8.68. The van der Waals surface area contributed by atoms with Crippen molar-refractivity contribution in [1.82, 2.24) is 4.90 Å². The van der Waals surface area contributed by atoms with Gasteiger partial charge >= 0.3 is 0 Å². The van der Waals surface area contributed by atoms with Gasteiger partial charge in [-0.15, -0.1) is 0 Å². The molecule has 0 aromatic heterocycles. The molecule has 0 N–H and O–H groups in total. The van der Waals surface area contributed by atoms with Gasteiger partial charge < -0.3 is 9.64 Å². The topological polar surface area (TPSA) is 36.3 Å². The first kappa shape index (κ1) is 14.9. The van der Waals surface area contributed by atoms with E-state index in [9.17, 15) is 0 Å². The first-order chi connectivity index (χ1) is 8.76. The first-order valence-corrected chi connectivity index (χ1v) is 7.46. The van der Waals surface area contributed by atoms with Crippen LogP contribution in [0.2, 0.25) is 0 Å². The first-order valence-electron chi connectivity index (χ1n) is 6.06. The zero-order chi connectivity index (χ0) is 13.2. The molecule has 0 bridgehead atoms. The molecule has 0 radical (unpaired) electrons. The van der Waals surface area contributed by atoms with Gasteiger partial charge in [-0.05, 0) is 44.0 Å². The van der Waals surface area contributed by atoms with Crippen molar-refractivity contribution in [3.05, 3.63) is 29.8 Å². The van der Waals surface area contributed by atoms with Crippen LogP contribution in [0.1, 0.15) is 12.0 Å². The van der Waals surface area contributed by atoms with E-state index in [4.69, 9.17) is 10.00 Å². The number of rotatable bonds is 8. The van der Waals surface area contributed by atoms with Gasteiger partial charge in [0.25, 0.3) is 0 Å². The smallest absolute Gasteiger partial charge is 0.119 e. The molecule has 0 aliphatic heterocycles. The predicted octanol–water partition coefficient (Wildman–Crippen LogP) is 2.62. The summed E-state index contributed by atoms with van der Waals surface area (Å²) in [6.07, 6.45) is 3.15. The number of hydrogen-bond acceptors (Lipinski definition) is 4. The van der Waals surface area contributed by atoms with Crippen LogP contribution in [0.4, 0.5) is 0 Å². The second kappa shape index (κ2) is 8.84. The van der Waals surface area contributed by atoms with Crippen LogP contribution in [0.25, 0.3) is 0 Å². The molecule has 0 aliphatic carbocycles. The van der Waals surface area contributed by atoms with Crippen LogP contribution in [-0.2, 0) is 0 Å². The summed E-state index contributed by atoms with van der Waals surface area (Å²) >= 11 is 1.87. The Morgan fingerprint density at radius 3 is 2.61 bits per heavy atom. The van der Waals surface area contributed by atoms with Crippen LogP contribution in [0, 0.1) is 11.3 Å². The average Bonchev–Trinajstić information content (AvgIpc) is 2.42. The number of ether oxygens (including phenoxy) is 1. The molecule has 4 heteroatoms. The molecule has 0 saturated heterocycles. The highest BCUT2D eigenvalue weighted by Crippen LogP contribution is 2.11. The van der Waals surface area contributed by atoms with Gasteiger partial charge in [0.05, 0.1) is 18.2 Å². The second-order valence-electron chi connectivity index (χ2n) is 4.13. The summed E-state index contributed by atoms with van der Waals surface area (Å²) in [5.74, 6) is 2.01. The highest BCUT2D eigenvalue weighted by atomic mass is 32.2. The maximum absolute atomic E-state index is 8.68. The fraction of sp³-hybridized carbons (Fsp3) is 0.500. The van der Waals surface area contributed by atoms with Crippen molar-refractivity contribution in [2.24, 2.45) is 0 Å². The summed E-state index contributed by atoms with van der Waals surface area (Å²) < 4.78 is 5.62. The maximum Gasteiger partial charge on any atom is 0.119 e. The Kier molecular flexibility index (Phi) is 7.31. The Hall–Kier alpha value is -1.18. The molecule has 0 aliphatic rings. The third-order valence-corrected chi connectivity index (χ3v) is 3.20. The van der Waals surface area contributed by atoms with Gasteiger partial charge in [-0.3, -0.25) is 0 Å². The Morgan fingerprint density at radius 2 is 2.00 bits per heavy atom. The van der Waals surface area contributed by atoms with Gasteiger partial charge in [-0.2, -0.15) is 17.0 Å². The number of benzene rings is 1. The lowest BCUT2D eigenvalue weighted by Gasteiger charge is -2.15. The molecular weight excluding hydrogens is 244 g/mol. The van der Waals surface area contributed by atoms with E-state index in [1.54, 1.807) is 12.1 Å². The van der Waals surface area contributed by atoms with Crippen LogP contribution in [0.5, 0.6) is 5.75 Å². The van der Waals surface area contributed by atoms with Crippen molar-refractivity contribution in [1.29, 1.82) is 5.26 Å². The van der Waals surface area contributed by atoms with Crippen molar-refractivity contribution in [3.8, 4) is 11.8 Å².